The Kier molecular flexibility index (Phi) is 7.47. The standard InChI is InChI=1S/C30H27F2N/c1-2-3-4-5-25-13-17-27(33-21-25)16-12-23-8-6-22(7-9-23)10-11-24-14-18-28-26(20-24)15-19-29(31)30(28)32/h6-9,13-15,17-21H,2-5,12,16H2,1H3. The monoisotopic (exact) mass is 439 g/mol. The van der Waals surface area contributed by atoms with E-state index in [0.29, 0.717) is 5.39 Å². The summed E-state index contributed by atoms with van der Waals surface area (Å²) >= 11 is 0. The van der Waals surface area contributed by atoms with E-state index in [0.717, 1.165) is 42.1 Å². The first kappa shape index (κ1) is 22.7. The minimum atomic E-state index is -0.836. The number of hydrogen-bond acceptors (Lipinski definition) is 1. The lowest BCUT2D eigenvalue weighted by atomic mass is 10.0. The molecule has 0 spiro atoms. The summed E-state index contributed by atoms with van der Waals surface area (Å²) in [5.41, 5.74) is 5.36. The summed E-state index contributed by atoms with van der Waals surface area (Å²) in [5, 5.41) is 0.907. The molecule has 1 heterocycles. The van der Waals surface area contributed by atoms with Crippen molar-refractivity contribution in [2.24, 2.45) is 0 Å². The third-order valence-electron chi connectivity index (χ3n) is 5.84. The zero-order valence-corrected chi connectivity index (χ0v) is 18.9. The van der Waals surface area contributed by atoms with Crippen molar-refractivity contribution in [2.45, 2.75) is 45.4 Å². The number of rotatable bonds is 7. The lowest BCUT2D eigenvalue weighted by Crippen LogP contribution is -1.96. The molecule has 0 saturated heterocycles. The minimum absolute atomic E-state index is 0.269. The van der Waals surface area contributed by atoms with Gasteiger partial charge in [-0.3, -0.25) is 4.98 Å². The average molecular weight is 440 g/mol. The molecule has 0 N–H and O–H groups in total. The third kappa shape index (κ3) is 6.05. The molecule has 1 aromatic heterocycles. The van der Waals surface area contributed by atoms with Gasteiger partial charge in [0.25, 0.3) is 0 Å². The Bertz CT molecular complexity index is 1280. The lowest BCUT2D eigenvalue weighted by molar-refractivity contribution is 0.517. The highest BCUT2D eigenvalue weighted by Gasteiger charge is 2.06. The molecule has 0 unspecified atom stereocenters. The molecule has 4 aromatic rings. The van der Waals surface area contributed by atoms with Crippen molar-refractivity contribution in [2.75, 3.05) is 0 Å². The van der Waals surface area contributed by atoms with Crippen LogP contribution in [0.2, 0.25) is 0 Å². The normalized spacial score (nSPS) is 10.8. The highest BCUT2D eigenvalue weighted by molar-refractivity contribution is 5.84. The molecule has 4 rings (SSSR count). The Morgan fingerprint density at radius 2 is 1.48 bits per heavy atom. The van der Waals surface area contributed by atoms with Gasteiger partial charge in [-0.1, -0.05) is 61.9 Å². The van der Waals surface area contributed by atoms with Crippen molar-refractivity contribution in [3.8, 4) is 11.8 Å². The molecule has 0 bridgehead atoms. The average Bonchev–Trinajstić information content (AvgIpc) is 2.85. The summed E-state index contributed by atoms with van der Waals surface area (Å²) < 4.78 is 27.2. The number of aryl methyl sites for hydroxylation is 3. The molecule has 166 valence electrons. The van der Waals surface area contributed by atoms with E-state index in [4.69, 9.17) is 0 Å². The van der Waals surface area contributed by atoms with Gasteiger partial charge in [-0.25, -0.2) is 8.78 Å². The van der Waals surface area contributed by atoms with E-state index in [-0.39, 0.29) is 5.39 Å². The first-order chi connectivity index (χ1) is 16.1. The van der Waals surface area contributed by atoms with Crippen LogP contribution in [0.15, 0.2) is 72.9 Å². The molecule has 3 heteroatoms. The quantitative estimate of drug-likeness (QED) is 0.215. The molecular formula is C30H27F2N. The number of benzene rings is 3. The summed E-state index contributed by atoms with van der Waals surface area (Å²) in [6, 6.07) is 20.4. The number of aromatic nitrogens is 1. The van der Waals surface area contributed by atoms with Crippen molar-refractivity contribution in [1.29, 1.82) is 0 Å². The highest BCUT2D eigenvalue weighted by Crippen LogP contribution is 2.21. The van der Waals surface area contributed by atoms with Crippen LogP contribution in [0.5, 0.6) is 0 Å². The second-order valence-corrected chi connectivity index (χ2v) is 8.36. The molecule has 0 saturated carbocycles. The number of hydrogen-bond donors (Lipinski definition) is 0. The first-order valence-electron chi connectivity index (χ1n) is 11.5. The smallest absolute Gasteiger partial charge is 0.166 e. The largest absolute Gasteiger partial charge is 0.261 e. The fourth-order valence-corrected chi connectivity index (χ4v) is 3.84. The van der Waals surface area contributed by atoms with Crippen LogP contribution in [0, 0.1) is 23.5 Å². The Balaban J connectivity index is 1.35. The van der Waals surface area contributed by atoms with Crippen molar-refractivity contribution in [3.05, 3.63) is 113 Å². The maximum absolute atomic E-state index is 13.8. The van der Waals surface area contributed by atoms with Gasteiger partial charge < -0.3 is 0 Å². The number of nitrogens with zero attached hydrogens (tertiary/aromatic N) is 1. The maximum Gasteiger partial charge on any atom is 0.166 e. The zero-order chi connectivity index (χ0) is 23.0. The van der Waals surface area contributed by atoms with Crippen LogP contribution in [0.1, 0.15) is 54.1 Å². The Labute approximate surface area is 194 Å². The van der Waals surface area contributed by atoms with Gasteiger partial charge >= 0.3 is 0 Å². The van der Waals surface area contributed by atoms with Crippen molar-refractivity contribution >= 4 is 10.8 Å². The van der Waals surface area contributed by atoms with Crippen LogP contribution in [-0.2, 0) is 19.3 Å². The van der Waals surface area contributed by atoms with Gasteiger partial charge in [0.15, 0.2) is 11.6 Å². The Morgan fingerprint density at radius 3 is 2.24 bits per heavy atom. The summed E-state index contributed by atoms with van der Waals surface area (Å²) in [6.07, 6.45) is 8.71. The van der Waals surface area contributed by atoms with Gasteiger partial charge in [0, 0.05) is 28.4 Å². The van der Waals surface area contributed by atoms with Crippen molar-refractivity contribution in [3.63, 3.8) is 0 Å². The first-order valence-corrected chi connectivity index (χ1v) is 11.5. The maximum atomic E-state index is 13.8. The predicted molar refractivity (Wildman–Crippen MR) is 131 cm³/mol. The SMILES string of the molecule is CCCCCc1ccc(CCc2ccc(C#Cc3ccc4c(F)c(F)ccc4c3)cc2)nc1. The van der Waals surface area contributed by atoms with Gasteiger partial charge in [0.05, 0.1) is 0 Å². The van der Waals surface area contributed by atoms with Crippen LogP contribution >= 0.6 is 0 Å². The molecule has 0 amide bonds. The van der Waals surface area contributed by atoms with Gasteiger partial charge in [0.1, 0.15) is 0 Å². The number of unbranched alkanes of at least 4 members (excludes halogenated alkanes) is 2. The van der Waals surface area contributed by atoms with Gasteiger partial charge in [-0.15, -0.1) is 0 Å². The number of pyridine rings is 1. The molecule has 0 atom stereocenters. The molecule has 0 fully saturated rings. The summed E-state index contributed by atoms with van der Waals surface area (Å²) in [7, 11) is 0. The van der Waals surface area contributed by atoms with Crippen LogP contribution in [0.3, 0.4) is 0 Å². The van der Waals surface area contributed by atoms with E-state index in [1.165, 1.54) is 30.4 Å². The van der Waals surface area contributed by atoms with Crippen LogP contribution < -0.4 is 0 Å². The second kappa shape index (κ2) is 10.9. The molecular weight excluding hydrogens is 412 g/mol. The van der Waals surface area contributed by atoms with E-state index >= 15 is 0 Å². The Morgan fingerprint density at radius 1 is 0.727 bits per heavy atom. The number of halogens is 2. The molecule has 0 aliphatic rings. The predicted octanol–water partition coefficient (Wildman–Crippen LogP) is 7.43. The number of fused-ring (bicyclic) bond motifs is 1. The van der Waals surface area contributed by atoms with Crippen molar-refractivity contribution < 1.29 is 8.78 Å². The van der Waals surface area contributed by atoms with E-state index in [1.54, 1.807) is 24.3 Å². The van der Waals surface area contributed by atoms with Crippen LogP contribution in [0.4, 0.5) is 8.78 Å². The molecule has 0 aliphatic carbocycles. The second-order valence-electron chi connectivity index (χ2n) is 8.36. The van der Waals surface area contributed by atoms with Crippen molar-refractivity contribution in [1.82, 2.24) is 4.98 Å². The van der Waals surface area contributed by atoms with E-state index in [1.807, 2.05) is 18.3 Å². The molecule has 33 heavy (non-hydrogen) atoms. The topological polar surface area (TPSA) is 12.9 Å². The fraction of sp³-hybridized carbons (Fsp3) is 0.233. The van der Waals surface area contributed by atoms with E-state index in [2.05, 4.69) is 48.0 Å². The molecule has 0 aliphatic heterocycles. The summed E-state index contributed by atoms with van der Waals surface area (Å²) in [4.78, 5) is 4.62. The Hall–Kier alpha value is -3.51. The van der Waals surface area contributed by atoms with Gasteiger partial charge in [-0.2, -0.15) is 0 Å². The van der Waals surface area contributed by atoms with Crippen LogP contribution in [0.25, 0.3) is 10.8 Å². The van der Waals surface area contributed by atoms with Gasteiger partial charge in [-0.05, 0) is 78.6 Å². The van der Waals surface area contributed by atoms with Gasteiger partial charge in [0.2, 0.25) is 0 Å². The van der Waals surface area contributed by atoms with E-state index < -0.39 is 11.6 Å². The third-order valence-corrected chi connectivity index (χ3v) is 5.84. The lowest BCUT2D eigenvalue weighted by Gasteiger charge is -2.04. The molecule has 1 nitrogen and oxygen atoms in total. The van der Waals surface area contributed by atoms with E-state index in [9.17, 15) is 8.78 Å². The summed E-state index contributed by atoms with van der Waals surface area (Å²) in [6.45, 7) is 2.22. The highest BCUT2D eigenvalue weighted by atomic mass is 19.2. The minimum Gasteiger partial charge on any atom is -0.261 e. The fourth-order valence-electron chi connectivity index (χ4n) is 3.84. The molecule has 3 aromatic carbocycles. The molecule has 0 radical (unpaired) electrons. The van der Waals surface area contributed by atoms with Crippen LogP contribution in [-0.4, -0.2) is 4.98 Å². The zero-order valence-electron chi connectivity index (χ0n) is 18.9. The summed E-state index contributed by atoms with van der Waals surface area (Å²) in [5.74, 6) is 4.61.